The van der Waals surface area contributed by atoms with Crippen molar-refractivity contribution in [1.29, 1.82) is 0 Å². The zero-order chi connectivity index (χ0) is 19.5. The van der Waals surface area contributed by atoms with E-state index < -0.39 is 0 Å². The van der Waals surface area contributed by atoms with Crippen molar-refractivity contribution in [1.82, 2.24) is 10.6 Å². The molecule has 0 saturated heterocycles. The molecule has 0 fully saturated rings. The molecule has 0 aliphatic carbocycles. The minimum Gasteiger partial charge on any atom is -0.377 e. The minimum absolute atomic E-state index is 0.0598. The van der Waals surface area contributed by atoms with E-state index in [0.717, 1.165) is 19.3 Å². The van der Waals surface area contributed by atoms with Crippen molar-refractivity contribution in [2.24, 2.45) is 0 Å². The molecule has 0 spiro atoms. The first-order valence-corrected chi connectivity index (χ1v) is 9.38. The molecule has 0 aromatic carbocycles. The second kappa shape index (κ2) is 18.3. The van der Waals surface area contributed by atoms with Crippen LogP contribution in [0, 0.1) is 0 Å². The highest BCUT2D eigenvalue weighted by molar-refractivity contribution is 5.79. The molecule has 0 aromatic heterocycles. The highest BCUT2D eigenvalue weighted by atomic mass is 16.5. The third-order valence-electron chi connectivity index (χ3n) is 3.42. The van der Waals surface area contributed by atoms with Gasteiger partial charge in [0.1, 0.15) is 13.2 Å². The third-order valence-corrected chi connectivity index (χ3v) is 3.42. The third kappa shape index (κ3) is 17.3. The largest absolute Gasteiger partial charge is 0.377 e. The summed E-state index contributed by atoms with van der Waals surface area (Å²) in [5, 5.41) is 5.47. The second-order valence-corrected chi connectivity index (χ2v) is 5.70. The number of carbonyl (C=O) groups is 3. The van der Waals surface area contributed by atoms with E-state index in [2.05, 4.69) is 10.6 Å². The maximum absolute atomic E-state index is 11.6. The van der Waals surface area contributed by atoms with Crippen LogP contribution in [0.3, 0.4) is 0 Å². The summed E-state index contributed by atoms with van der Waals surface area (Å²) in [6.45, 7) is 6.53. The van der Waals surface area contributed by atoms with Gasteiger partial charge in [-0.3, -0.25) is 14.4 Å². The number of Topliss-reactive ketones (excluding diaryl/α,β-unsaturated/α-hetero) is 1. The Bertz CT molecular complexity index is 390. The summed E-state index contributed by atoms with van der Waals surface area (Å²) in [4.78, 5) is 33.9. The van der Waals surface area contributed by atoms with Crippen molar-refractivity contribution in [2.45, 2.75) is 46.0 Å². The van der Waals surface area contributed by atoms with Crippen LogP contribution in [0.4, 0.5) is 0 Å². The Morgan fingerprint density at radius 1 is 0.731 bits per heavy atom. The van der Waals surface area contributed by atoms with E-state index >= 15 is 0 Å². The number of carbonyl (C=O) groups excluding carboxylic acids is 3. The molecule has 0 atom stereocenters. The van der Waals surface area contributed by atoms with Gasteiger partial charge in [0.2, 0.25) is 11.8 Å². The monoisotopic (exact) mass is 374 g/mol. The van der Waals surface area contributed by atoms with Crippen LogP contribution in [0.1, 0.15) is 46.0 Å². The fourth-order valence-electron chi connectivity index (χ4n) is 1.96. The summed E-state index contributed by atoms with van der Waals surface area (Å²) in [6, 6.07) is 0. The van der Waals surface area contributed by atoms with Crippen LogP contribution in [0.25, 0.3) is 0 Å². The second-order valence-electron chi connectivity index (χ2n) is 5.70. The number of hydrogen-bond acceptors (Lipinski definition) is 6. The van der Waals surface area contributed by atoms with Gasteiger partial charge in [0, 0.05) is 32.5 Å². The van der Waals surface area contributed by atoms with E-state index in [1.807, 2.05) is 13.8 Å². The molecular weight excluding hydrogens is 340 g/mol. The molecule has 0 bridgehead atoms. The van der Waals surface area contributed by atoms with Gasteiger partial charge in [-0.15, -0.1) is 0 Å². The number of amides is 2. The first-order chi connectivity index (χ1) is 12.6. The summed E-state index contributed by atoms with van der Waals surface area (Å²) >= 11 is 0. The number of ketones is 1. The predicted octanol–water partition coefficient (Wildman–Crippen LogP) is 0.828. The van der Waals surface area contributed by atoms with Crippen molar-refractivity contribution >= 4 is 17.6 Å². The minimum atomic E-state index is -0.162. The summed E-state index contributed by atoms with van der Waals surface area (Å²) in [6.07, 6.45) is 3.60. The Balaban J connectivity index is 3.29. The molecule has 8 heteroatoms. The van der Waals surface area contributed by atoms with Crippen molar-refractivity contribution in [2.75, 3.05) is 52.7 Å². The van der Waals surface area contributed by atoms with Crippen LogP contribution in [0.15, 0.2) is 0 Å². The zero-order valence-electron chi connectivity index (χ0n) is 16.1. The van der Waals surface area contributed by atoms with Crippen molar-refractivity contribution < 1.29 is 28.6 Å². The first kappa shape index (κ1) is 24.5. The van der Waals surface area contributed by atoms with Crippen molar-refractivity contribution in [3.8, 4) is 0 Å². The number of nitrogens with one attached hydrogen (secondary N) is 2. The van der Waals surface area contributed by atoms with Crippen LogP contribution in [-0.4, -0.2) is 70.3 Å². The van der Waals surface area contributed by atoms with E-state index in [1.54, 1.807) is 0 Å². The van der Waals surface area contributed by atoms with Gasteiger partial charge in [-0.2, -0.15) is 0 Å². The summed E-state index contributed by atoms with van der Waals surface area (Å²) in [5.74, 6) is -0.0274. The van der Waals surface area contributed by atoms with Crippen LogP contribution >= 0.6 is 0 Å². The molecule has 26 heavy (non-hydrogen) atoms. The van der Waals surface area contributed by atoms with Crippen LogP contribution in [0.5, 0.6) is 0 Å². The molecule has 0 aliphatic rings. The topological polar surface area (TPSA) is 103 Å². The van der Waals surface area contributed by atoms with E-state index in [0.29, 0.717) is 52.4 Å². The van der Waals surface area contributed by atoms with Gasteiger partial charge >= 0.3 is 0 Å². The lowest BCUT2D eigenvalue weighted by Crippen LogP contribution is -2.30. The number of ether oxygens (including phenoxy) is 3. The molecule has 0 heterocycles. The smallest absolute Gasteiger partial charge is 0.246 e. The van der Waals surface area contributed by atoms with Gasteiger partial charge in [-0.05, 0) is 19.8 Å². The van der Waals surface area contributed by atoms with E-state index in [1.165, 1.54) is 0 Å². The highest BCUT2D eigenvalue weighted by Crippen LogP contribution is 2.00. The lowest BCUT2D eigenvalue weighted by Gasteiger charge is -2.07. The number of unbranched alkanes of at least 4 members (excludes halogenated alkanes) is 2. The standard InChI is InChI=1S/C18H34N2O6/c1-3-17(22)19-9-7-5-6-8-16(21)14-26-13-12-25-11-10-20-18(23)15-24-4-2/h3-15H2,1-2H3,(H,19,22)(H,20,23). The Labute approximate surface area is 156 Å². The van der Waals surface area contributed by atoms with E-state index in [4.69, 9.17) is 14.2 Å². The maximum Gasteiger partial charge on any atom is 0.246 e. The average molecular weight is 374 g/mol. The molecule has 2 N–H and O–H groups in total. The van der Waals surface area contributed by atoms with Gasteiger partial charge in [0.15, 0.2) is 5.78 Å². The van der Waals surface area contributed by atoms with Crippen molar-refractivity contribution in [3.63, 3.8) is 0 Å². The SMILES string of the molecule is CCOCC(=O)NCCOCCOCC(=O)CCCCCNC(=O)CC. The molecule has 2 amide bonds. The van der Waals surface area contributed by atoms with Gasteiger partial charge in [-0.1, -0.05) is 13.3 Å². The Morgan fingerprint density at radius 3 is 2.19 bits per heavy atom. The molecule has 0 aliphatic heterocycles. The fraction of sp³-hybridized carbons (Fsp3) is 0.833. The van der Waals surface area contributed by atoms with Gasteiger partial charge < -0.3 is 24.8 Å². The molecule has 0 unspecified atom stereocenters. The molecule has 0 rings (SSSR count). The lowest BCUT2D eigenvalue weighted by molar-refractivity contribution is -0.126. The Morgan fingerprint density at radius 2 is 1.46 bits per heavy atom. The maximum atomic E-state index is 11.6. The fourth-order valence-corrected chi connectivity index (χ4v) is 1.96. The van der Waals surface area contributed by atoms with Gasteiger partial charge in [-0.25, -0.2) is 0 Å². The Kier molecular flexibility index (Phi) is 17.2. The quantitative estimate of drug-likeness (QED) is 0.345. The summed E-state index contributed by atoms with van der Waals surface area (Å²) < 4.78 is 15.5. The summed E-state index contributed by atoms with van der Waals surface area (Å²) in [7, 11) is 0. The van der Waals surface area contributed by atoms with Crippen molar-refractivity contribution in [3.05, 3.63) is 0 Å². The normalized spacial score (nSPS) is 10.5. The van der Waals surface area contributed by atoms with E-state index in [9.17, 15) is 14.4 Å². The van der Waals surface area contributed by atoms with Crippen LogP contribution < -0.4 is 10.6 Å². The van der Waals surface area contributed by atoms with Crippen LogP contribution in [-0.2, 0) is 28.6 Å². The Hall–Kier alpha value is -1.51. The highest BCUT2D eigenvalue weighted by Gasteiger charge is 2.03. The zero-order valence-corrected chi connectivity index (χ0v) is 16.1. The van der Waals surface area contributed by atoms with Crippen LogP contribution in [0.2, 0.25) is 0 Å². The number of hydrogen-bond donors (Lipinski definition) is 2. The van der Waals surface area contributed by atoms with Gasteiger partial charge in [0.05, 0.1) is 19.8 Å². The van der Waals surface area contributed by atoms with E-state index in [-0.39, 0.29) is 30.8 Å². The molecule has 152 valence electrons. The average Bonchev–Trinajstić information content (AvgIpc) is 2.64. The summed E-state index contributed by atoms with van der Waals surface area (Å²) in [5.41, 5.74) is 0. The molecule has 0 saturated carbocycles. The molecule has 8 nitrogen and oxygen atoms in total. The predicted molar refractivity (Wildman–Crippen MR) is 97.9 cm³/mol. The molecular formula is C18H34N2O6. The number of rotatable bonds is 18. The van der Waals surface area contributed by atoms with Gasteiger partial charge in [0.25, 0.3) is 0 Å². The molecule has 0 aromatic rings. The lowest BCUT2D eigenvalue weighted by atomic mass is 10.1. The first-order valence-electron chi connectivity index (χ1n) is 9.38. The molecule has 0 radical (unpaired) electrons.